The molecule has 0 bridgehead atoms. The van der Waals surface area contributed by atoms with Gasteiger partial charge in [-0.3, -0.25) is 9.89 Å². The van der Waals surface area contributed by atoms with Crippen molar-refractivity contribution < 1.29 is 4.74 Å². The third-order valence-electron chi connectivity index (χ3n) is 6.35. The first-order valence-corrected chi connectivity index (χ1v) is 12.7. The number of guanidine groups is 1. The van der Waals surface area contributed by atoms with Crippen LogP contribution in [0.4, 0.5) is 0 Å². The predicted octanol–water partition coefficient (Wildman–Crippen LogP) is 4.97. The molecule has 2 aliphatic heterocycles. The van der Waals surface area contributed by atoms with Gasteiger partial charge in [-0.2, -0.15) is 0 Å². The van der Waals surface area contributed by atoms with Crippen molar-refractivity contribution in [1.82, 2.24) is 15.5 Å². The van der Waals surface area contributed by atoms with E-state index in [2.05, 4.69) is 60.7 Å². The third-order valence-corrected chi connectivity index (χ3v) is 7.21. The van der Waals surface area contributed by atoms with Gasteiger partial charge in [-0.15, -0.1) is 35.3 Å². The van der Waals surface area contributed by atoms with E-state index < -0.39 is 0 Å². The monoisotopic (exact) mass is 562 g/mol. The van der Waals surface area contributed by atoms with Crippen molar-refractivity contribution in [1.29, 1.82) is 0 Å². The average Bonchev–Trinajstić information content (AvgIpc) is 3.24. The molecule has 2 fully saturated rings. The number of piperidine rings is 1. The summed E-state index contributed by atoms with van der Waals surface area (Å²) in [6.07, 6.45) is 5.20. The zero-order valence-corrected chi connectivity index (χ0v) is 23.0. The van der Waals surface area contributed by atoms with Crippen molar-refractivity contribution in [3.63, 3.8) is 0 Å². The van der Waals surface area contributed by atoms with Crippen LogP contribution < -0.4 is 10.6 Å². The third kappa shape index (κ3) is 8.82. The minimum absolute atomic E-state index is 0. The summed E-state index contributed by atoms with van der Waals surface area (Å²) in [7, 11) is 0. The molecule has 1 aromatic heterocycles. The van der Waals surface area contributed by atoms with Gasteiger partial charge in [-0.1, -0.05) is 26.8 Å². The highest BCUT2D eigenvalue weighted by Crippen LogP contribution is 2.33. The molecule has 0 spiro atoms. The number of aliphatic imine (C=N–C) groups is 1. The second-order valence-corrected chi connectivity index (χ2v) is 11.0. The van der Waals surface area contributed by atoms with Gasteiger partial charge in [-0.25, -0.2) is 0 Å². The summed E-state index contributed by atoms with van der Waals surface area (Å²) in [5, 5.41) is 9.24. The fourth-order valence-electron chi connectivity index (χ4n) is 4.75. The van der Waals surface area contributed by atoms with Crippen LogP contribution in [0, 0.1) is 17.3 Å². The van der Waals surface area contributed by atoms with Crippen LogP contribution in [0.25, 0.3) is 0 Å². The van der Waals surface area contributed by atoms with E-state index in [9.17, 15) is 0 Å². The highest BCUT2D eigenvalue weighted by Gasteiger charge is 2.35. The number of hydrogen-bond acceptors (Lipinski definition) is 4. The molecule has 2 unspecified atom stereocenters. The highest BCUT2D eigenvalue weighted by molar-refractivity contribution is 14.0. The Hall–Kier alpha value is -0.380. The minimum Gasteiger partial charge on any atom is -0.377 e. The molecule has 178 valence electrons. The maximum atomic E-state index is 6.15. The molecule has 0 saturated carbocycles. The number of hydrogen-bond donors (Lipinski definition) is 2. The quantitative estimate of drug-likeness (QED) is 0.280. The van der Waals surface area contributed by atoms with Gasteiger partial charge in [0.15, 0.2) is 5.96 Å². The maximum Gasteiger partial charge on any atom is 0.191 e. The largest absolute Gasteiger partial charge is 0.377 e. The molecule has 2 N–H and O–H groups in total. The molecule has 3 heterocycles. The van der Waals surface area contributed by atoms with Crippen molar-refractivity contribution in [2.24, 2.45) is 22.2 Å². The maximum absolute atomic E-state index is 6.15. The van der Waals surface area contributed by atoms with Gasteiger partial charge in [0.25, 0.3) is 0 Å². The molecular weight excluding hydrogens is 519 g/mol. The van der Waals surface area contributed by atoms with Gasteiger partial charge >= 0.3 is 0 Å². The summed E-state index contributed by atoms with van der Waals surface area (Å²) in [5.41, 5.74) is 0.180. The lowest BCUT2D eigenvalue weighted by Gasteiger charge is -2.40. The van der Waals surface area contributed by atoms with E-state index in [-0.39, 0.29) is 29.4 Å². The van der Waals surface area contributed by atoms with E-state index in [0.717, 1.165) is 45.2 Å². The molecule has 2 saturated heterocycles. The molecule has 0 aliphatic carbocycles. The SMILES string of the molecule is CCNC(=NCC1CCN(Cc2cccs2)CC1)NCC1CCCOC1C(C)(C)C.I. The van der Waals surface area contributed by atoms with E-state index in [1.807, 2.05) is 11.3 Å². The Bertz CT molecular complexity index is 639. The Labute approximate surface area is 210 Å². The van der Waals surface area contributed by atoms with Crippen LogP contribution in [0.1, 0.15) is 58.3 Å². The summed E-state index contributed by atoms with van der Waals surface area (Å²) in [6.45, 7) is 16.2. The van der Waals surface area contributed by atoms with Gasteiger partial charge < -0.3 is 15.4 Å². The normalized spacial score (nSPS) is 23.9. The van der Waals surface area contributed by atoms with Crippen LogP contribution in [-0.2, 0) is 11.3 Å². The smallest absolute Gasteiger partial charge is 0.191 e. The predicted molar refractivity (Wildman–Crippen MR) is 144 cm³/mol. The average molecular weight is 563 g/mol. The molecule has 31 heavy (non-hydrogen) atoms. The molecule has 0 radical (unpaired) electrons. The lowest BCUT2D eigenvalue weighted by molar-refractivity contribution is -0.0835. The van der Waals surface area contributed by atoms with Gasteiger partial charge in [0.05, 0.1) is 6.10 Å². The Morgan fingerprint density at radius 1 is 1.23 bits per heavy atom. The summed E-state index contributed by atoms with van der Waals surface area (Å²) in [6, 6.07) is 4.40. The number of rotatable bonds is 7. The topological polar surface area (TPSA) is 48.9 Å². The van der Waals surface area contributed by atoms with E-state index in [4.69, 9.17) is 9.73 Å². The molecule has 0 amide bonds. The molecule has 0 aromatic carbocycles. The Balaban J connectivity index is 0.00000341. The van der Waals surface area contributed by atoms with E-state index in [1.54, 1.807) is 0 Å². The first-order chi connectivity index (χ1) is 14.5. The van der Waals surface area contributed by atoms with Crippen molar-refractivity contribution in [3.05, 3.63) is 22.4 Å². The molecule has 1 aromatic rings. The van der Waals surface area contributed by atoms with Gasteiger partial charge in [-0.05, 0) is 68.5 Å². The molecular formula is C24H43IN4OS. The molecule has 3 rings (SSSR count). The summed E-state index contributed by atoms with van der Waals surface area (Å²) in [4.78, 5) is 9.01. The van der Waals surface area contributed by atoms with Crippen LogP contribution in [0.2, 0.25) is 0 Å². The van der Waals surface area contributed by atoms with E-state index >= 15 is 0 Å². The van der Waals surface area contributed by atoms with E-state index in [1.165, 1.54) is 37.2 Å². The number of halogens is 1. The second kappa shape index (κ2) is 13.4. The van der Waals surface area contributed by atoms with Crippen LogP contribution >= 0.6 is 35.3 Å². The Morgan fingerprint density at radius 2 is 2.00 bits per heavy atom. The van der Waals surface area contributed by atoms with Crippen LogP contribution in [-0.4, -0.2) is 56.3 Å². The summed E-state index contributed by atoms with van der Waals surface area (Å²) in [5.74, 6) is 2.21. The minimum atomic E-state index is 0. The first kappa shape index (κ1) is 26.9. The van der Waals surface area contributed by atoms with Crippen molar-refractivity contribution >= 4 is 41.3 Å². The number of thiophene rings is 1. The molecule has 2 aliphatic rings. The number of likely N-dealkylation sites (tertiary alicyclic amines) is 1. The van der Waals surface area contributed by atoms with E-state index in [0.29, 0.717) is 17.9 Å². The molecule has 5 nitrogen and oxygen atoms in total. The van der Waals surface area contributed by atoms with Gasteiger partial charge in [0, 0.05) is 43.6 Å². The fraction of sp³-hybridized carbons (Fsp3) is 0.792. The first-order valence-electron chi connectivity index (χ1n) is 11.8. The van der Waals surface area contributed by atoms with Crippen LogP contribution in [0.5, 0.6) is 0 Å². The number of ether oxygens (including phenoxy) is 1. The van der Waals surface area contributed by atoms with Gasteiger partial charge in [0.1, 0.15) is 0 Å². The second-order valence-electron chi connectivity index (χ2n) is 9.96. The summed E-state index contributed by atoms with van der Waals surface area (Å²) < 4.78 is 6.15. The van der Waals surface area contributed by atoms with Crippen molar-refractivity contribution in [3.8, 4) is 0 Å². The van der Waals surface area contributed by atoms with Gasteiger partial charge in [0.2, 0.25) is 0 Å². The van der Waals surface area contributed by atoms with Crippen LogP contribution in [0.3, 0.4) is 0 Å². The Kier molecular flexibility index (Phi) is 11.6. The fourth-order valence-corrected chi connectivity index (χ4v) is 5.50. The lowest BCUT2D eigenvalue weighted by Crippen LogP contribution is -2.47. The number of nitrogens with one attached hydrogen (secondary N) is 2. The lowest BCUT2D eigenvalue weighted by atomic mass is 9.78. The van der Waals surface area contributed by atoms with Crippen LogP contribution in [0.15, 0.2) is 22.5 Å². The Morgan fingerprint density at radius 3 is 2.65 bits per heavy atom. The number of nitrogens with zero attached hydrogens (tertiary/aromatic N) is 2. The standard InChI is InChI=1S/C24H42N4OS.HI/c1-5-25-23(27-17-20-8-6-14-29-22(20)24(2,3)4)26-16-19-10-12-28(13-11-19)18-21-9-7-15-30-21;/h7,9,15,19-20,22H,5-6,8,10-14,16-18H2,1-4H3,(H2,25,26,27);1H. The van der Waals surface area contributed by atoms with Crippen molar-refractivity contribution in [2.75, 3.05) is 39.3 Å². The van der Waals surface area contributed by atoms with Crippen molar-refractivity contribution in [2.45, 2.75) is 66.0 Å². The molecule has 7 heteroatoms. The summed E-state index contributed by atoms with van der Waals surface area (Å²) >= 11 is 1.87. The highest BCUT2D eigenvalue weighted by atomic mass is 127. The molecule has 2 atom stereocenters. The zero-order chi connectivity index (χ0) is 21.4. The zero-order valence-electron chi connectivity index (χ0n) is 19.9.